The highest BCUT2D eigenvalue weighted by Gasteiger charge is 2.44. The van der Waals surface area contributed by atoms with Gasteiger partial charge in [0.05, 0.1) is 12.0 Å². The number of nitrogens with one attached hydrogen (secondary N) is 1. The molecule has 1 atom stereocenters. The summed E-state index contributed by atoms with van der Waals surface area (Å²) in [6, 6.07) is 0.369. The molecule has 2 fully saturated rings. The summed E-state index contributed by atoms with van der Waals surface area (Å²) in [5.41, 5.74) is -0.202. The molecule has 2 rings (SSSR count). The third-order valence-electron chi connectivity index (χ3n) is 4.79. The van der Waals surface area contributed by atoms with Crippen molar-refractivity contribution in [3.05, 3.63) is 0 Å². The lowest BCUT2D eigenvalue weighted by Gasteiger charge is -2.37. The molecule has 110 valence electrons. The molecular weight excluding hydrogens is 240 g/mol. The third-order valence-corrected chi connectivity index (χ3v) is 4.79. The van der Waals surface area contributed by atoms with E-state index in [1.807, 2.05) is 4.90 Å². The summed E-state index contributed by atoms with van der Waals surface area (Å²) in [6.07, 6.45) is 7.63. The number of hydrogen-bond donors (Lipinski definition) is 2. The van der Waals surface area contributed by atoms with Crippen LogP contribution >= 0.6 is 0 Å². The van der Waals surface area contributed by atoms with Crippen molar-refractivity contribution in [2.75, 3.05) is 26.2 Å². The monoisotopic (exact) mass is 268 g/mol. The Kier molecular flexibility index (Phi) is 5.22. The molecule has 4 heteroatoms. The molecule has 19 heavy (non-hydrogen) atoms. The van der Waals surface area contributed by atoms with E-state index >= 15 is 0 Å². The second-order valence-corrected chi connectivity index (χ2v) is 6.12. The summed E-state index contributed by atoms with van der Waals surface area (Å²) in [7, 11) is 0. The predicted octanol–water partition coefficient (Wildman–Crippen LogP) is 1.53. The van der Waals surface area contributed by atoms with Gasteiger partial charge in [-0.1, -0.05) is 26.2 Å². The van der Waals surface area contributed by atoms with Crippen LogP contribution in [-0.4, -0.2) is 48.2 Å². The standard InChI is InChI=1S/C15H28N2O2/c1-2-7-15(8-9-16-12-15)14(19)17(10-11-18)13-5-3-4-6-13/h13,16,18H,2-12H2,1H3. The third kappa shape index (κ3) is 3.11. The summed E-state index contributed by atoms with van der Waals surface area (Å²) in [5.74, 6) is 0.292. The Bertz CT molecular complexity index is 295. The maximum absolute atomic E-state index is 13.0. The molecule has 1 saturated carbocycles. The normalized spacial score (nSPS) is 27.9. The van der Waals surface area contributed by atoms with E-state index in [1.54, 1.807) is 0 Å². The Hall–Kier alpha value is -0.610. The Morgan fingerprint density at radius 1 is 1.42 bits per heavy atom. The van der Waals surface area contributed by atoms with Gasteiger partial charge in [0.1, 0.15) is 0 Å². The molecule has 0 aromatic carbocycles. The van der Waals surface area contributed by atoms with E-state index in [0.717, 1.165) is 45.2 Å². The minimum Gasteiger partial charge on any atom is -0.395 e. The Labute approximate surface area is 116 Å². The number of aliphatic hydroxyl groups excluding tert-OH is 1. The smallest absolute Gasteiger partial charge is 0.230 e. The maximum Gasteiger partial charge on any atom is 0.230 e. The fourth-order valence-electron chi connectivity index (χ4n) is 3.80. The first-order valence-electron chi connectivity index (χ1n) is 7.86. The molecule has 1 aliphatic carbocycles. The van der Waals surface area contributed by atoms with Crippen LogP contribution < -0.4 is 5.32 Å². The first-order valence-corrected chi connectivity index (χ1v) is 7.86. The van der Waals surface area contributed by atoms with Gasteiger partial charge in [0.25, 0.3) is 0 Å². The Morgan fingerprint density at radius 2 is 2.16 bits per heavy atom. The van der Waals surface area contributed by atoms with Crippen LogP contribution in [0.1, 0.15) is 51.9 Å². The number of amides is 1. The topological polar surface area (TPSA) is 52.6 Å². The quantitative estimate of drug-likeness (QED) is 0.768. The fourth-order valence-corrected chi connectivity index (χ4v) is 3.80. The molecule has 1 unspecified atom stereocenters. The van der Waals surface area contributed by atoms with E-state index < -0.39 is 0 Å². The van der Waals surface area contributed by atoms with Crippen LogP contribution in [0.2, 0.25) is 0 Å². The number of rotatable bonds is 6. The summed E-state index contributed by atoms with van der Waals surface area (Å²) in [4.78, 5) is 15.0. The average Bonchev–Trinajstić information content (AvgIpc) is 3.07. The molecule has 4 nitrogen and oxygen atoms in total. The maximum atomic E-state index is 13.0. The van der Waals surface area contributed by atoms with Gasteiger partial charge in [0.15, 0.2) is 0 Å². The van der Waals surface area contributed by atoms with Gasteiger partial charge in [-0.05, 0) is 32.2 Å². The second-order valence-electron chi connectivity index (χ2n) is 6.12. The van der Waals surface area contributed by atoms with E-state index in [-0.39, 0.29) is 12.0 Å². The highest BCUT2D eigenvalue weighted by atomic mass is 16.3. The number of carbonyl (C=O) groups is 1. The van der Waals surface area contributed by atoms with Crippen LogP contribution in [0.15, 0.2) is 0 Å². The first-order chi connectivity index (χ1) is 9.23. The Morgan fingerprint density at radius 3 is 2.68 bits per heavy atom. The zero-order valence-electron chi connectivity index (χ0n) is 12.2. The zero-order valence-corrected chi connectivity index (χ0v) is 12.2. The highest BCUT2D eigenvalue weighted by Crippen LogP contribution is 2.35. The van der Waals surface area contributed by atoms with Crippen molar-refractivity contribution in [2.45, 2.75) is 57.9 Å². The van der Waals surface area contributed by atoms with E-state index in [2.05, 4.69) is 12.2 Å². The van der Waals surface area contributed by atoms with Crippen LogP contribution in [0.25, 0.3) is 0 Å². The largest absolute Gasteiger partial charge is 0.395 e. The fraction of sp³-hybridized carbons (Fsp3) is 0.933. The lowest BCUT2D eigenvalue weighted by Crippen LogP contribution is -2.50. The molecule has 0 aromatic rings. The molecule has 0 radical (unpaired) electrons. The van der Waals surface area contributed by atoms with Crippen molar-refractivity contribution in [2.24, 2.45) is 5.41 Å². The molecule has 1 saturated heterocycles. The van der Waals surface area contributed by atoms with Gasteiger partial charge >= 0.3 is 0 Å². The summed E-state index contributed by atoms with van der Waals surface area (Å²) in [6.45, 7) is 4.50. The summed E-state index contributed by atoms with van der Waals surface area (Å²) >= 11 is 0. The van der Waals surface area contributed by atoms with E-state index in [9.17, 15) is 9.90 Å². The molecule has 0 aromatic heterocycles. The van der Waals surface area contributed by atoms with E-state index in [1.165, 1.54) is 12.8 Å². The van der Waals surface area contributed by atoms with Crippen LogP contribution in [0, 0.1) is 5.41 Å². The van der Waals surface area contributed by atoms with Crippen molar-refractivity contribution >= 4 is 5.91 Å². The molecule has 0 bridgehead atoms. The predicted molar refractivity (Wildman–Crippen MR) is 75.9 cm³/mol. The SMILES string of the molecule is CCCC1(C(=O)N(CCO)C2CCCC2)CCNC1. The van der Waals surface area contributed by atoms with Crippen LogP contribution in [0.5, 0.6) is 0 Å². The van der Waals surface area contributed by atoms with Crippen molar-refractivity contribution < 1.29 is 9.90 Å². The van der Waals surface area contributed by atoms with Gasteiger partial charge in [-0.15, -0.1) is 0 Å². The van der Waals surface area contributed by atoms with Crippen molar-refractivity contribution in [1.29, 1.82) is 0 Å². The molecule has 2 aliphatic rings. The zero-order chi connectivity index (χ0) is 13.7. The molecule has 1 amide bonds. The average molecular weight is 268 g/mol. The second kappa shape index (κ2) is 6.71. The minimum absolute atomic E-state index is 0.0812. The van der Waals surface area contributed by atoms with Gasteiger partial charge in [0, 0.05) is 19.1 Å². The van der Waals surface area contributed by atoms with E-state index in [4.69, 9.17) is 0 Å². The van der Waals surface area contributed by atoms with Crippen molar-refractivity contribution in [1.82, 2.24) is 10.2 Å². The number of carbonyl (C=O) groups excluding carboxylic acids is 1. The van der Waals surface area contributed by atoms with Gasteiger partial charge in [-0.25, -0.2) is 0 Å². The summed E-state index contributed by atoms with van der Waals surface area (Å²) < 4.78 is 0. The number of aliphatic hydroxyl groups is 1. The molecular formula is C15H28N2O2. The van der Waals surface area contributed by atoms with Crippen LogP contribution in [0.3, 0.4) is 0 Å². The molecule has 2 N–H and O–H groups in total. The van der Waals surface area contributed by atoms with Gasteiger partial charge in [0.2, 0.25) is 5.91 Å². The van der Waals surface area contributed by atoms with Gasteiger partial charge < -0.3 is 15.3 Å². The van der Waals surface area contributed by atoms with Crippen molar-refractivity contribution in [3.8, 4) is 0 Å². The Balaban J connectivity index is 2.11. The first kappa shape index (κ1) is 14.8. The minimum atomic E-state index is -0.202. The highest BCUT2D eigenvalue weighted by molar-refractivity contribution is 5.83. The molecule has 1 heterocycles. The summed E-state index contributed by atoms with van der Waals surface area (Å²) in [5, 5.41) is 12.6. The van der Waals surface area contributed by atoms with Gasteiger partial charge in [-0.3, -0.25) is 4.79 Å². The van der Waals surface area contributed by atoms with Crippen LogP contribution in [0.4, 0.5) is 0 Å². The number of nitrogens with zero attached hydrogens (tertiary/aromatic N) is 1. The number of hydrogen-bond acceptors (Lipinski definition) is 3. The molecule has 1 aliphatic heterocycles. The van der Waals surface area contributed by atoms with E-state index in [0.29, 0.717) is 18.5 Å². The molecule has 0 spiro atoms. The lowest BCUT2D eigenvalue weighted by molar-refractivity contribution is -0.144. The van der Waals surface area contributed by atoms with Gasteiger partial charge in [-0.2, -0.15) is 0 Å². The van der Waals surface area contributed by atoms with Crippen molar-refractivity contribution in [3.63, 3.8) is 0 Å². The van der Waals surface area contributed by atoms with Crippen LogP contribution in [-0.2, 0) is 4.79 Å². The lowest BCUT2D eigenvalue weighted by atomic mass is 9.80.